The fraction of sp³-hybridized carbons (Fsp3) is 0.381. The predicted octanol–water partition coefficient (Wildman–Crippen LogP) is 4.14. The van der Waals surface area contributed by atoms with Gasteiger partial charge in [-0.15, -0.1) is 0 Å². The lowest BCUT2D eigenvalue weighted by Crippen LogP contribution is -2.45. The fourth-order valence-corrected chi connectivity index (χ4v) is 5.35. The van der Waals surface area contributed by atoms with E-state index in [-0.39, 0.29) is 23.3 Å². The molecule has 1 atom stereocenters. The summed E-state index contributed by atoms with van der Waals surface area (Å²) in [6.45, 7) is 1.15. The Morgan fingerprint density at radius 2 is 1.83 bits per heavy atom. The number of nitrogens with one attached hydrogen (secondary N) is 1. The highest BCUT2D eigenvalue weighted by molar-refractivity contribution is 7.89. The molecule has 1 saturated heterocycles. The van der Waals surface area contributed by atoms with E-state index in [4.69, 9.17) is 23.2 Å². The molecule has 5 nitrogen and oxygen atoms in total. The van der Waals surface area contributed by atoms with Crippen molar-refractivity contribution in [3.63, 3.8) is 0 Å². The topological polar surface area (TPSA) is 66.5 Å². The zero-order valence-electron chi connectivity index (χ0n) is 16.0. The van der Waals surface area contributed by atoms with Crippen molar-refractivity contribution in [2.45, 2.75) is 30.6 Å². The highest BCUT2D eigenvalue weighted by Crippen LogP contribution is 2.25. The van der Waals surface area contributed by atoms with Gasteiger partial charge in [0, 0.05) is 29.7 Å². The van der Waals surface area contributed by atoms with Gasteiger partial charge >= 0.3 is 0 Å². The Bertz CT molecular complexity index is 949. The van der Waals surface area contributed by atoms with Gasteiger partial charge in [-0.05, 0) is 61.6 Å². The van der Waals surface area contributed by atoms with Crippen LogP contribution in [0.2, 0.25) is 10.0 Å². The second-order valence-corrected chi connectivity index (χ2v) is 9.92. The first-order chi connectivity index (χ1) is 13.9. The van der Waals surface area contributed by atoms with Crippen molar-refractivity contribution in [1.82, 2.24) is 9.62 Å². The molecule has 1 heterocycles. The van der Waals surface area contributed by atoms with Gasteiger partial charge in [0.25, 0.3) is 0 Å². The van der Waals surface area contributed by atoms with Crippen molar-refractivity contribution in [3.8, 4) is 0 Å². The number of rotatable bonds is 7. The highest BCUT2D eigenvalue weighted by atomic mass is 35.5. The number of sulfonamides is 1. The minimum Gasteiger partial charge on any atom is -0.356 e. The number of hydrogen-bond acceptors (Lipinski definition) is 3. The van der Waals surface area contributed by atoms with E-state index in [9.17, 15) is 13.2 Å². The number of carbonyl (C=O) groups is 1. The standard InChI is InChI=1S/C21H24Cl2N2O3S/c22-18-9-11-19(12-10-18)29(27,28)25-14-4-7-17(15-25)21(26)24-13-3-6-16-5-1-2-8-20(16)23/h1-2,5,8-12,17H,3-4,6-7,13-15H2,(H,24,26)/t17-/m1/s1. The fourth-order valence-electron chi connectivity index (χ4n) is 3.47. The molecule has 0 spiro atoms. The van der Waals surface area contributed by atoms with E-state index in [1.54, 1.807) is 12.1 Å². The van der Waals surface area contributed by atoms with Crippen molar-refractivity contribution in [2.24, 2.45) is 5.92 Å². The van der Waals surface area contributed by atoms with Crippen LogP contribution in [0.3, 0.4) is 0 Å². The third kappa shape index (κ3) is 5.72. The number of halogens is 2. The van der Waals surface area contributed by atoms with Crippen LogP contribution < -0.4 is 5.32 Å². The van der Waals surface area contributed by atoms with Gasteiger partial charge in [0.05, 0.1) is 10.8 Å². The van der Waals surface area contributed by atoms with Gasteiger partial charge in [0.1, 0.15) is 0 Å². The van der Waals surface area contributed by atoms with E-state index in [0.29, 0.717) is 31.0 Å². The van der Waals surface area contributed by atoms with Gasteiger partial charge < -0.3 is 5.32 Å². The molecule has 2 aromatic carbocycles. The van der Waals surface area contributed by atoms with E-state index < -0.39 is 10.0 Å². The molecule has 1 aliphatic rings. The Labute approximate surface area is 182 Å². The molecule has 3 rings (SSSR count). The lowest BCUT2D eigenvalue weighted by Gasteiger charge is -2.31. The first-order valence-corrected chi connectivity index (χ1v) is 11.8. The molecular weight excluding hydrogens is 431 g/mol. The first-order valence-electron chi connectivity index (χ1n) is 9.65. The minimum absolute atomic E-state index is 0.0971. The largest absolute Gasteiger partial charge is 0.356 e. The molecule has 156 valence electrons. The molecule has 1 amide bonds. The van der Waals surface area contributed by atoms with Crippen LogP contribution in [-0.4, -0.2) is 38.3 Å². The number of aryl methyl sites for hydroxylation is 1. The molecule has 0 radical (unpaired) electrons. The van der Waals surface area contributed by atoms with Crippen LogP contribution in [0, 0.1) is 5.92 Å². The zero-order valence-corrected chi connectivity index (χ0v) is 18.3. The zero-order chi connectivity index (χ0) is 20.9. The van der Waals surface area contributed by atoms with Crippen LogP contribution in [0.4, 0.5) is 0 Å². The van der Waals surface area contributed by atoms with Crippen LogP contribution in [0.25, 0.3) is 0 Å². The number of carbonyl (C=O) groups excluding carboxylic acids is 1. The van der Waals surface area contributed by atoms with Crippen LogP contribution in [0.1, 0.15) is 24.8 Å². The van der Waals surface area contributed by atoms with Crippen LogP contribution in [-0.2, 0) is 21.2 Å². The first kappa shape index (κ1) is 22.1. The summed E-state index contributed by atoms with van der Waals surface area (Å²) in [7, 11) is -3.63. The quantitative estimate of drug-likeness (QED) is 0.639. The summed E-state index contributed by atoms with van der Waals surface area (Å²) in [5.41, 5.74) is 1.06. The molecule has 1 aliphatic heterocycles. The third-order valence-corrected chi connectivity index (χ3v) is 7.59. The number of hydrogen-bond donors (Lipinski definition) is 1. The van der Waals surface area contributed by atoms with Crippen molar-refractivity contribution in [1.29, 1.82) is 0 Å². The van der Waals surface area contributed by atoms with Crippen molar-refractivity contribution in [2.75, 3.05) is 19.6 Å². The van der Waals surface area contributed by atoms with Gasteiger partial charge in [0.15, 0.2) is 0 Å². The summed E-state index contributed by atoms with van der Waals surface area (Å²) in [5, 5.41) is 4.15. The van der Waals surface area contributed by atoms with Crippen LogP contribution >= 0.6 is 23.2 Å². The van der Waals surface area contributed by atoms with E-state index in [2.05, 4.69) is 5.32 Å². The lowest BCUT2D eigenvalue weighted by atomic mass is 9.99. The maximum Gasteiger partial charge on any atom is 0.243 e. The van der Waals surface area contributed by atoms with Gasteiger partial charge in [0.2, 0.25) is 15.9 Å². The normalized spacial score (nSPS) is 17.8. The van der Waals surface area contributed by atoms with E-state index >= 15 is 0 Å². The molecule has 8 heteroatoms. The number of piperidine rings is 1. The van der Waals surface area contributed by atoms with Crippen molar-refractivity contribution >= 4 is 39.1 Å². The maximum absolute atomic E-state index is 12.9. The maximum atomic E-state index is 12.9. The third-order valence-electron chi connectivity index (χ3n) is 5.09. The number of benzene rings is 2. The molecular formula is C21H24Cl2N2O3S. The second kappa shape index (κ2) is 9.94. The average molecular weight is 455 g/mol. The smallest absolute Gasteiger partial charge is 0.243 e. The average Bonchev–Trinajstić information content (AvgIpc) is 2.72. The Kier molecular flexibility index (Phi) is 7.57. The van der Waals surface area contributed by atoms with Crippen molar-refractivity contribution in [3.05, 3.63) is 64.1 Å². The molecule has 0 aromatic heterocycles. The lowest BCUT2D eigenvalue weighted by molar-refractivity contribution is -0.126. The second-order valence-electron chi connectivity index (χ2n) is 7.14. The molecule has 2 aromatic rings. The minimum atomic E-state index is -3.63. The Hall–Kier alpha value is -1.60. The summed E-state index contributed by atoms with van der Waals surface area (Å²) in [6, 6.07) is 13.8. The molecule has 0 saturated carbocycles. The van der Waals surface area contributed by atoms with Crippen LogP contribution in [0.15, 0.2) is 53.4 Å². The molecule has 29 heavy (non-hydrogen) atoms. The summed E-state index contributed by atoms with van der Waals surface area (Å²) in [5.74, 6) is -0.439. The van der Waals surface area contributed by atoms with E-state index in [1.807, 2.05) is 24.3 Å². The van der Waals surface area contributed by atoms with Gasteiger partial charge in [-0.1, -0.05) is 41.4 Å². The van der Waals surface area contributed by atoms with E-state index in [1.165, 1.54) is 16.4 Å². The summed E-state index contributed by atoms with van der Waals surface area (Å²) in [6.07, 6.45) is 2.89. The predicted molar refractivity (Wildman–Crippen MR) is 116 cm³/mol. The van der Waals surface area contributed by atoms with Crippen molar-refractivity contribution < 1.29 is 13.2 Å². The number of amides is 1. The SMILES string of the molecule is O=C(NCCCc1ccccc1Cl)[C@@H]1CCCN(S(=O)(=O)c2ccc(Cl)cc2)C1. The Balaban J connectivity index is 1.52. The number of nitrogens with zero attached hydrogens (tertiary/aromatic N) is 1. The molecule has 1 N–H and O–H groups in total. The molecule has 0 bridgehead atoms. The molecule has 1 fully saturated rings. The summed E-state index contributed by atoms with van der Waals surface area (Å²) < 4.78 is 27.1. The Morgan fingerprint density at radius 3 is 2.55 bits per heavy atom. The summed E-state index contributed by atoms with van der Waals surface area (Å²) in [4.78, 5) is 12.8. The highest BCUT2D eigenvalue weighted by Gasteiger charge is 2.33. The van der Waals surface area contributed by atoms with Gasteiger partial charge in [-0.3, -0.25) is 4.79 Å². The van der Waals surface area contributed by atoms with Crippen LogP contribution in [0.5, 0.6) is 0 Å². The summed E-state index contributed by atoms with van der Waals surface area (Å²) >= 11 is 12.0. The Morgan fingerprint density at radius 1 is 1.10 bits per heavy atom. The molecule has 0 unspecified atom stereocenters. The van der Waals surface area contributed by atoms with Gasteiger partial charge in [-0.2, -0.15) is 4.31 Å². The molecule has 0 aliphatic carbocycles. The van der Waals surface area contributed by atoms with E-state index in [0.717, 1.165) is 23.4 Å². The van der Waals surface area contributed by atoms with Gasteiger partial charge in [-0.25, -0.2) is 8.42 Å². The monoisotopic (exact) mass is 454 g/mol.